The van der Waals surface area contributed by atoms with Gasteiger partial charge in [0.15, 0.2) is 5.82 Å². The summed E-state index contributed by atoms with van der Waals surface area (Å²) in [6.07, 6.45) is 6.24. The molecule has 1 aliphatic heterocycles. The van der Waals surface area contributed by atoms with Crippen molar-refractivity contribution in [2.24, 2.45) is 0 Å². The average Bonchev–Trinajstić information content (AvgIpc) is 3.36. The molecule has 3 aromatic rings. The van der Waals surface area contributed by atoms with Gasteiger partial charge in [-0.05, 0) is 51.8 Å². The number of esters is 1. The summed E-state index contributed by atoms with van der Waals surface area (Å²) in [5.41, 5.74) is 0.604. The quantitative estimate of drug-likeness (QED) is 0.308. The van der Waals surface area contributed by atoms with Crippen molar-refractivity contribution < 1.29 is 28.5 Å². The summed E-state index contributed by atoms with van der Waals surface area (Å²) >= 11 is 0. The van der Waals surface area contributed by atoms with Crippen LogP contribution in [0.25, 0.3) is 11.4 Å². The van der Waals surface area contributed by atoms with Crippen molar-refractivity contribution in [2.75, 3.05) is 25.5 Å². The largest absolute Gasteiger partial charge is 0.495 e. The lowest BCUT2D eigenvalue weighted by molar-refractivity contribution is -0.131. The molecule has 1 fully saturated rings. The highest BCUT2D eigenvalue weighted by Gasteiger charge is 2.32. The number of ether oxygens (including phenoxy) is 4. The molecule has 0 radical (unpaired) electrons. The molecule has 1 atom stereocenters. The Hall–Kier alpha value is -4.41. The maximum absolute atomic E-state index is 12.7. The molecule has 1 aliphatic rings. The highest BCUT2D eigenvalue weighted by molar-refractivity contribution is 5.70. The fourth-order valence-corrected chi connectivity index (χ4v) is 4.07. The molecule has 1 N–H and O–H groups in total. The molecule has 11 nitrogen and oxygen atoms in total. The van der Waals surface area contributed by atoms with Crippen LogP contribution in [-0.4, -0.2) is 63.8 Å². The van der Waals surface area contributed by atoms with Crippen LogP contribution in [0.4, 0.5) is 10.5 Å². The van der Waals surface area contributed by atoms with Crippen molar-refractivity contribution in [1.29, 1.82) is 0 Å². The molecular weight excluding hydrogens is 502 g/mol. The van der Waals surface area contributed by atoms with Crippen molar-refractivity contribution in [3.05, 3.63) is 48.9 Å². The summed E-state index contributed by atoms with van der Waals surface area (Å²) in [7, 11) is 1.56. The SMILES string of the molecule is COc1cncc(-c2ncc(NCC3CCCN3C(=O)OC(C)(C)C)c(Oc3cccc(OC(C)=O)c3)n2)c1. The first-order chi connectivity index (χ1) is 18.6. The van der Waals surface area contributed by atoms with E-state index in [1.54, 1.807) is 60.9 Å². The lowest BCUT2D eigenvalue weighted by atomic mass is 10.2. The van der Waals surface area contributed by atoms with E-state index in [0.717, 1.165) is 12.8 Å². The van der Waals surface area contributed by atoms with Crippen molar-refractivity contribution in [3.63, 3.8) is 0 Å². The third kappa shape index (κ3) is 7.56. The molecule has 0 bridgehead atoms. The standard InChI is InChI=1S/C28H33N5O6/c1-18(34)37-21-9-6-10-22(13-21)38-26-24(17-31-25(32-26)19-12-23(36-5)16-29-14-19)30-15-20-8-7-11-33(20)27(35)39-28(2,3)4/h6,9-10,12-14,16-17,20,30H,7-8,11,15H2,1-5H3. The van der Waals surface area contributed by atoms with Crippen molar-refractivity contribution in [2.45, 2.75) is 52.2 Å². The Balaban J connectivity index is 1.59. The van der Waals surface area contributed by atoms with Gasteiger partial charge in [-0.3, -0.25) is 9.78 Å². The fraction of sp³-hybridized carbons (Fsp3) is 0.393. The predicted molar refractivity (Wildman–Crippen MR) is 144 cm³/mol. The molecule has 206 valence electrons. The normalized spacial score (nSPS) is 15.0. The number of rotatable bonds is 8. The first-order valence-corrected chi connectivity index (χ1v) is 12.7. The van der Waals surface area contributed by atoms with Crippen molar-refractivity contribution >= 4 is 17.7 Å². The number of carbonyl (C=O) groups excluding carboxylic acids is 2. The number of benzene rings is 1. The molecule has 0 aliphatic carbocycles. The molecule has 11 heteroatoms. The molecule has 3 heterocycles. The molecule has 1 unspecified atom stereocenters. The highest BCUT2D eigenvalue weighted by atomic mass is 16.6. The lowest BCUT2D eigenvalue weighted by Gasteiger charge is -2.29. The van der Waals surface area contributed by atoms with Gasteiger partial charge in [-0.1, -0.05) is 6.07 Å². The lowest BCUT2D eigenvalue weighted by Crippen LogP contribution is -2.42. The van der Waals surface area contributed by atoms with Crippen LogP contribution in [0.15, 0.2) is 48.9 Å². The minimum absolute atomic E-state index is 0.0674. The van der Waals surface area contributed by atoms with Gasteiger partial charge >= 0.3 is 12.1 Å². The molecular formula is C28H33N5O6. The first kappa shape index (κ1) is 27.6. The Morgan fingerprint density at radius 2 is 1.90 bits per heavy atom. The summed E-state index contributed by atoms with van der Waals surface area (Å²) < 4.78 is 22.2. The summed E-state index contributed by atoms with van der Waals surface area (Å²) in [5, 5.41) is 3.35. The molecule has 4 rings (SSSR count). The van der Waals surface area contributed by atoms with Crippen molar-refractivity contribution in [1.82, 2.24) is 19.9 Å². The minimum atomic E-state index is -0.571. The van der Waals surface area contributed by atoms with Gasteiger partial charge in [0.25, 0.3) is 0 Å². The number of hydrogen-bond donors (Lipinski definition) is 1. The maximum atomic E-state index is 12.7. The average molecular weight is 536 g/mol. The van der Waals surface area contributed by atoms with Crippen LogP contribution in [-0.2, 0) is 9.53 Å². The van der Waals surface area contributed by atoms with Gasteiger partial charge in [0.05, 0.1) is 25.5 Å². The summed E-state index contributed by atoms with van der Waals surface area (Å²) in [4.78, 5) is 39.2. The molecule has 1 amide bonds. The monoisotopic (exact) mass is 535 g/mol. The summed E-state index contributed by atoms with van der Waals surface area (Å²) in [6, 6.07) is 8.41. The van der Waals surface area contributed by atoms with Gasteiger partial charge < -0.3 is 29.2 Å². The smallest absolute Gasteiger partial charge is 0.410 e. The number of carbonyl (C=O) groups is 2. The summed E-state index contributed by atoms with van der Waals surface area (Å²) in [6.45, 7) is 7.97. The minimum Gasteiger partial charge on any atom is -0.495 e. The van der Waals surface area contributed by atoms with Crippen LogP contribution in [0.1, 0.15) is 40.5 Å². The molecule has 1 saturated heterocycles. The number of nitrogens with zero attached hydrogens (tertiary/aromatic N) is 4. The molecule has 39 heavy (non-hydrogen) atoms. The predicted octanol–water partition coefficient (Wildman–Crippen LogP) is 5.08. The number of amides is 1. The van der Waals surface area contributed by atoms with E-state index >= 15 is 0 Å². The Labute approximate surface area is 227 Å². The van der Waals surface area contributed by atoms with E-state index in [2.05, 4.69) is 20.3 Å². The second-order valence-corrected chi connectivity index (χ2v) is 10.0. The Bertz CT molecular complexity index is 1330. The van der Waals surface area contributed by atoms with Gasteiger partial charge in [-0.2, -0.15) is 4.98 Å². The molecule has 0 spiro atoms. The number of methoxy groups -OCH3 is 1. The van der Waals surface area contributed by atoms with Gasteiger partial charge in [-0.25, -0.2) is 9.78 Å². The van der Waals surface area contributed by atoms with Crippen LogP contribution in [0.2, 0.25) is 0 Å². The van der Waals surface area contributed by atoms with Gasteiger partial charge in [-0.15, -0.1) is 0 Å². The zero-order valence-electron chi connectivity index (χ0n) is 22.8. The zero-order chi connectivity index (χ0) is 28.0. The highest BCUT2D eigenvalue weighted by Crippen LogP contribution is 2.32. The molecule has 0 saturated carbocycles. The van der Waals surface area contributed by atoms with Gasteiger partial charge in [0.1, 0.15) is 28.5 Å². The Kier molecular flexibility index (Phi) is 8.48. The molecule has 2 aromatic heterocycles. The Morgan fingerprint density at radius 3 is 2.64 bits per heavy atom. The van der Waals surface area contributed by atoms with E-state index in [9.17, 15) is 9.59 Å². The number of nitrogens with one attached hydrogen (secondary N) is 1. The number of anilines is 1. The van der Waals surface area contributed by atoms with Crippen LogP contribution in [0.5, 0.6) is 23.1 Å². The van der Waals surface area contributed by atoms with Crippen LogP contribution in [0, 0.1) is 0 Å². The van der Waals surface area contributed by atoms with Crippen LogP contribution in [0.3, 0.4) is 0 Å². The van der Waals surface area contributed by atoms with Gasteiger partial charge in [0, 0.05) is 37.8 Å². The van der Waals surface area contributed by atoms with E-state index in [-0.39, 0.29) is 18.0 Å². The van der Waals surface area contributed by atoms with Crippen LogP contribution < -0.4 is 19.5 Å². The third-order valence-electron chi connectivity index (χ3n) is 5.78. The first-order valence-electron chi connectivity index (χ1n) is 12.7. The number of aromatic nitrogens is 3. The van der Waals surface area contributed by atoms with E-state index in [1.165, 1.54) is 6.92 Å². The zero-order valence-corrected chi connectivity index (χ0v) is 22.8. The fourth-order valence-electron chi connectivity index (χ4n) is 4.07. The van der Waals surface area contributed by atoms with E-state index < -0.39 is 11.6 Å². The topological polar surface area (TPSA) is 125 Å². The maximum Gasteiger partial charge on any atom is 0.410 e. The van der Waals surface area contributed by atoms with E-state index in [4.69, 9.17) is 18.9 Å². The van der Waals surface area contributed by atoms with E-state index in [1.807, 2.05) is 20.8 Å². The van der Waals surface area contributed by atoms with Crippen molar-refractivity contribution in [3.8, 4) is 34.5 Å². The second-order valence-electron chi connectivity index (χ2n) is 10.0. The Morgan fingerprint density at radius 1 is 1.10 bits per heavy atom. The second kappa shape index (κ2) is 12.0. The van der Waals surface area contributed by atoms with E-state index in [0.29, 0.717) is 47.4 Å². The third-order valence-corrected chi connectivity index (χ3v) is 5.78. The molecule has 1 aromatic carbocycles. The number of hydrogen-bond acceptors (Lipinski definition) is 10. The van der Waals surface area contributed by atoms with Gasteiger partial charge in [0.2, 0.25) is 5.88 Å². The van der Waals surface area contributed by atoms with Crippen LogP contribution >= 0.6 is 0 Å². The number of likely N-dealkylation sites (tertiary alicyclic amines) is 1. The number of pyridine rings is 1. The summed E-state index contributed by atoms with van der Waals surface area (Å²) in [5.74, 6) is 1.54.